The van der Waals surface area contributed by atoms with Crippen LogP contribution in [0.3, 0.4) is 0 Å². The largest absolute Gasteiger partial charge is 0.454 e. The number of ether oxygens (including phenoxy) is 2. The van der Waals surface area contributed by atoms with E-state index in [2.05, 4.69) is 15.2 Å². The molecule has 8 nitrogen and oxygen atoms in total. The summed E-state index contributed by atoms with van der Waals surface area (Å²) in [6.45, 7) is 0.224. The number of hydrogen-bond donors (Lipinski definition) is 0. The first-order valence-electron chi connectivity index (χ1n) is 8.73. The minimum absolute atomic E-state index is 0.0364. The molecular formula is C20H13ClN4O4. The van der Waals surface area contributed by atoms with E-state index in [9.17, 15) is 4.79 Å². The number of benzene rings is 2. The van der Waals surface area contributed by atoms with Gasteiger partial charge in [0.2, 0.25) is 18.5 Å². The van der Waals surface area contributed by atoms with Crippen LogP contribution in [-0.2, 0) is 6.54 Å². The molecule has 0 aliphatic carbocycles. The molecule has 0 N–H and O–H groups in total. The zero-order valence-corrected chi connectivity index (χ0v) is 15.7. The van der Waals surface area contributed by atoms with Crippen molar-refractivity contribution in [3.63, 3.8) is 0 Å². The van der Waals surface area contributed by atoms with Gasteiger partial charge in [0, 0.05) is 17.2 Å². The molecule has 144 valence electrons. The van der Waals surface area contributed by atoms with Crippen molar-refractivity contribution in [1.29, 1.82) is 0 Å². The molecule has 0 spiro atoms. The lowest BCUT2D eigenvalue weighted by molar-refractivity contribution is 0.174. The van der Waals surface area contributed by atoms with Crippen molar-refractivity contribution in [2.24, 2.45) is 0 Å². The summed E-state index contributed by atoms with van der Waals surface area (Å²) in [7, 11) is 0. The normalized spacial score (nSPS) is 12.3. The molecule has 1 aliphatic heterocycles. The second-order valence-corrected chi connectivity index (χ2v) is 6.68. The van der Waals surface area contributed by atoms with Crippen LogP contribution in [0, 0.1) is 0 Å². The predicted molar refractivity (Wildman–Crippen MR) is 104 cm³/mol. The van der Waals surface area contributed by atoms with E-state index in [-0.39, 0.29) is 24.8 Å². The van der Waals surface area contributed by atoms with Crippen molar-refractivity contribution >= 4 is 11.6 Å². The lowest BCUT2D eigenvalue weighted by atomic mass is 10.1. The zero-order valence-electron chi connectivity index (χ0n) is 14.9. The first kappa shape index (κ1) is 17.4. The van der Waals surface area contributed by atoms with Gasteiger partial charge in [-0.15, -0.1) is 0 Å². The standard InChI is InChI=1S/C20H13ClN4O4/c21-14-4-2-1-3-13(14)15-6-8-19(26)25(23-15)10-18-22-20(24-29-18)12-5-7-16-17(9-12)28-11-27-16/h1-9H,10-11H2. The van der Waals surface area contributed by atoms with E-state index >= 15 is 0 Å². The van der Waals surface area contributed by atoms with Gasteiger partial charge in [-0.05, 0) is 30.3 Å². The van der Waals surface area contributed by atoms with Gasteiger partial charge < -0.3 is 14.0 Å². The Morgan fingerprint density at radius 3 is 2.79 bits per heavy atom. The SMILES string of the molecule is O=c1ccc(-c2ccccc2Cl)nn1Cc1nc(-c2ccc3c(c2)OCO3)no1. The molecule has 0 amide bonds. The first-order valence-corrected chi connectivity index (χ1v) is 9.11. The van der Waals surface area contributed by atoms with Crippen LogP contribution in [-0.4, -0.2) is 26.7 Å². The van der Waals surface area contributed by atoms with Crippen LogP contribution in [0.25, 0.3) is 22.6 Å². The summed E-state index contributed by atoms with van der Waals surface area (Å²) in [5.74, 6) is 1.93. The Bertz CT molecular complexity index is 1270. The van der Waals surface area contributed by atoms with Gasteiger partial charge in [0.15, 0.2) is 11.5 Å². The molecule has 0 radical (unpaired) electrons. The van der Waals surface area contributed by atoms with Gasteiger partial charge in [0.05, 0.1) is 10.7 Å². The first-order chi connectivity index (χ1) is 14.2. The molecule has 0 atom stereocenters. The van der Waals surface area contributed by atoms with Crippen molar-refractivity contribution in [2.75, 3.05) is 6.79 Å². The highest BCUT2D eigenvalue weighted by Gasteiger charge is 2.17. The van der Waals surface area contributed by atoms with Crippen LogP contribution in [0.5, 0.6) is 11.5 Å². The molecule has 0 bridgehead atoms. The zero-order chi connectivity index (χ0) is 19.8. The van der Waals surface area contributed by atoms with E-state index in [1.807, 2.05) is 24.3 Å². The Labute approximate surface area is 169 Å². The predicted octanol–water partition coefficient (Wildman–Crippen LogP) is 3.39. The molecular weight excluding hydrogens is 396 g/mol. The Morgan fingerprint density at radius 2 is 1.90 bits per heavy atom. The Balaban J connectivity index is 1.43. The number of fused-ring (bicyclic) bond motifs is 1. The van der Waals surface area contributed by atoms with Gasteiger partial charge in [0.25, 0.3) is 5.56 Å². The third-order valence-electron chi connectivity index (χ3n) is 4.40. The topological polar surface area (TPSA) is 92.3 Å². The fourth-order valence-electron chi connectivity index (χ4n) is 2.97. The average molecular weight is 409 g/mol. The Hall–Kier alpha value is -3.65. The maximum absolute atomic E-state index is 12.2. The molecule has 1 aliphatic rings. The third kappa shape index (κ3) is 3.34. The van der Waals surface area contributed by atoms with Crippen molar-refractivity contribution in [3.8, 4) is 34.1 Å². The summed E-state index contributed by atoms with van der Waals surface area (Å²) in [5.41, 5.74) is 1.73. The summed E-state index contributed by atoms with van der Waals surface area (Å²) in [4.78, 5) is 16.6. The maximum atomic E-state index is 12.2. The van der Waals surface area contributed by atoms with Gasteiger partial charge in [-0.25, -0.2) is 4.68 Å². The number of hydrogen-bond acceptors (Lipinski definition) is 7. The quantitative estimate of drug-likeness (QED) is 0.511. The molecule has 0 fully saturated rings. The molecule has 0 unspecified atom stereocenters. The molecule has 2 aromatic heterocycles. The smallest absolute Gasteiger partial charge is 0.267 e. The van der Waals surface area contributed by atoms with E-state index in [0.29, 0.717) is 28.0 Å². The van der Waals surface area contributed by atoms with Crippen molar-refractivity contribution < 1.29 is 14.0 Å². The number of nitrogens with zero attached hydrogens (tertiary/aromatic N) is 4. The summed E-state index contributed by atoms with van der Waals surface area (Å²) >= 11 is 6.24. The molecule has 0 saturated heterocycles. The van der Waals surface area contributed by atoms with E-state index in [4.69, 9.17) is 25.6 Å². The van der Waals surface area contributed by atoms with Gasteiger partial charge in [-0.2, -0.15) is 10.1 Å². The van der Waals surface area contributed by atoms with E-state index in [1.165, 1.54) is 10.7 Å². The van der Waals surface area contributed by atoms with Crippen LogP contribution < -0.4 is 15.0 Å². The Morgan fingerprint density at radius 1 is 1.03 bits per heavy atom. The summed E-state index contributed by atoms with van der Waals surface area (Å²) < 4.78 is 17.2. The monoisotopic (exact) mass is 408 g/mol. The summed E-state index contributed by atoms with van der Waals surface area (Å²) in [6.07, 6.45) is 0. The molecule has 9 heteroatoms. The van der Waals surface area contributed by atoms with Crippen molar-refractivity contribution in [3.05, 3.63) is 75.9 Å². The molecule has 3 heterocycles. The van der Waals surface area contributed by atoms with Gasteiger partial charge in [0.1, 0.15) is 6.54 Å². The number of aromatic nitrogens is 4. The second kappa shape index (κ2) is 7.06. The second-order valence-electron chi connectivity index (χ2n) is 6.27. The van der Waals surface area contributed by atoms with Crippen LogP contribution in [0.1, 0.15) is 5.89 Å². The van der Waals surface area contributed by atoms with Crippen LogP contribution in [0.4, 0.5) is 0 Å². The maximum Gasteiger partial charge on any atom is 0.267 e. The van der Waals surface area contributed by atoms with Crippen molar-refractivity contribution in [1.82, 2.24) is 19.9 Å². The minimum Gasteiger partial charge on any atom is -0.454 e. The lowest BCUT2D eigenvalue weighted by Gasteiger charge is -2.06. The van der Waals surface area contributed by atoms with Crippen LogP contribution in [0.15, 0.2) is 63.9 Å². The third-order valence-corrected chi connectivity index (χ3v) is 4.73. The molecule has 0 saturated carbocycles. The molecule has 5 rings (SSSR count). The minimum atomic E-state index is -0.288. The number of rotatable bonds is 4. The molecule has 2 aromatic carbocycles. The highest BCUT2D eigenvalue weighted by molar-refractivity contribution is 6.33. The highest BCUT2D eigenvalue weighted by atomic mass is 35.5. The fourth-order valence-corrected chi connectivity index (χ4v) is 3.21. The van der Waals surface area contributed by atoms with Gasteiger partial charge >= 0.3 is 0 Å². The number of halogens is 1. The lowest BCUT2D eigenvalue weighted by Crippen LogP contribution is -2.23. The van der Waals surface area contributed by atoms with Crippen LogP contribution in [0.2, 0.25) is 5.02 Å². The van der Waals surface area contributed by atoms with E-state index in [1.54, 1.807) is 24.3 Å². The summed E-state index contributed by atoms with van der Waals surface area (Å²) in [5, 5.41) is 8.92. The fraction of sp³-hybridized carbons (Fsp3) is 0.100. The highest BCUT2D eigenvalue weighted by Crippen LogP contribution is 2.35. The Kier molecular flexibility index (Phi) is 4.25. The van der Waals surface area contributed by atoms with Crippen LogP contribution >= 0.6 is 11.6 Å². The summed E-state index contributed by atoms with van der Waals surface area (Å²) in [6, 6.07) is 15.7. The van der Waals surface area contributed by atoms with Gasteiger partial charge in [-0.1, -0.05) is 35.0 Å². The van der Waals surface area contributed by atoms with Crippen molar-refractivity contribution in [2.45, 2.75) is 6.54 Å². The molecule has 4 aromatic rings. The van der Waals surface area contributed by atoms with E-state index in [0.717, 1.165) is 11.1 Å². The molecule has 29 heavy (non-hydrogen) atoms. The average Bonchev–Trinajstić information content (AvgIpc) is 3.39. The van der Waals surface area contributed by atoms with Gasteiger partial charge in [-0.3, -0.25) is 4.79 Å². The van der Waals surface area contributed by atoms with E-state index < -0.39 is 0 Å².